The molecule has 1 aliphatic heterocycles. The summed E-state index contributed by atoms with van der Waals surface area (Å²) in [7, 11) is 2.09. The minimum atomic E-state index is -0.171. The molecule has 0 bridgehead atoms. The quantitative estimate of drug-likeness (QED) is 0.714. The molecule has 106 valence electrons. The lowest BCUT2D eigenvalue weighted by Gasteiger charge is -2.31. The summed E-state index contributed by atoms with van der Waals surface area (Å²) >= 11 is 0. The van der Waals surface area contributed by atoms with Crippen molar-refractivity contribution < 1.29 is 9.53 Å². The molecule has 1 heterocycles. The molecule has 1 rings (SSSR count). The van der Waals surface area contributed by atoms with Crippen LogP contribution in [0, 0.1) is 0 Å². The van der Waals surface area contributed by atoms with Crippen LogP contribution in [0.3, 0.4) is 0 Å². The first kappa shape index (κ1) is 15.4. The van der Waals surface area contributed by atoms with Crippen LogP contribution in [0.5, 0.6) is 0 Å². The molecule has 3 unspecified atom stereocenters. The van der Waals surface area contributed by atoms with Crippen molar-refractivity contribution in [2.45, 2.75) is 45.4 Å². The number of nitrogens with one attached hydrogen (secondary N) is 2. The van der Waals surface area contributed by atoms with Gasteiger partial charge in [-0.3, -0.25) is 4.79 Å². The van der Waals surface area contributed by atoms with Gasteiger partial charge in [0.1, 0.15) is 0 Å². The number of carbonyl (C=O) groups is 1. The van der Waals surface area contributed by atoms with E-state index in [0.717, 1.165) is 32.7 Å². The highest BCUT2D eigenvalue weighted by Crippen LogP contribution is 2.02. The average molecular weight is 257 g/mol. The summed E-state index contributed by atoms with van der Waals surface area (Å²) in [6, 6.07) is 0.0636. The SMILES string of the molecule is CCC(C)NC(=O)C(C)NCC1CN(C)CCO1. The van der Waals surface area contributed by atoms with E-state index >= 15 is 0 Å². The molecular weight excluding hydrogens is 230 g/mol. The van der Waals surface area contributed by atoms with Gasteiger partial charge in [-0.05, 0) is 27.3 Å². The van der Waals surface area contributed by atoms with Crippen LogP contribution >= 0.6 is 0 Å². The van der Waals surface area contributed by atoms with Gasteiger partial charge in [0.25, 0.3) is 0 Å². The Kier molecular flexibility index (Phi) is 6.60. The molecule has 1 amide bonds. The zero-order chi connectivity index (χ0) is 13.5. The van der Waals surface area contributed by atoms with Crippen molar-refractivity contribution in [2.24, 2.45) is 0 Å². The lowest BCUT2D eigenvalue weighted by molar-refractivity contribution is -0.123. The molecule has 0 aromatic rings. The Bertz CT molecular complexity index is 261. The van der Waals surface area contributed by atoms with Crippen molar-refractivity contribution in [3.05, 3.63) is 0 Å². The second kappa shape index (κ2) is 7.71. The van der Waals surface area contributed by atoms with Crippen molar-refractivity contribution >= 4 is 5.91 Å². The van der Waals surface area contributed by atoms with Gasteiger partial charge < -0.3 is 20.3 Å². The van der Waals surface area contributed by atoms with Gasteiger partial charge >= 0.3 is 0 Å². The molecule has 2 N–H and O–H groups in total. The van der Waals surface area contributed by atoms with Gasteiger partial charge in [-0.15, -0.1) is 0 Å². The molecule has 5 heteroatoms. The summed E-state index contributed by atoms with van der Waals surface area (Å²) in [4.78, 5) is 14.1. The Labute approximate surface area is 110 Å². The topological polar surface area (TPSA) is 53.6 Å². The number of ether oxygens (including phenoxy) is 1. The first-order valence-electron chi connectivity index (χ1n) is 6.86. The Hall–Kier alpha value is -0.650. The highest BCUT2D eigenvalue weighted by molar-refractivity contribution is 5.81. The molecule has 18 heavy (non-hydrogen) atoms. The number of nitrogens with zero attached hydrogens (tertiary/aromatic N) is 1. The smallest absolute Gasteiger partial charge is 0.237 e. The normalized spacial score (nSPS) is 24.6. The molecule has 0 radical (unpaired) electrons. The van der Waals surface area contributed by atoms with Crippen LogP contribution in [0.1, 0.15) is 27.2 Å². The number of carbonyl (C=O) groups excluding carboxylic acids is 1. The van der Waals surface area contributed by atoms with Gasteiger partial charge in [-0.1, -0.05) is 6.92 Å². The standard InChI is InChI=1S/C13H27N3O2/c1-5-10(2)15-13(17)11(3)14-8-12-9-16(4)6-7-18-12/h10-12,14H,5-9H2,1-4H3,(H,15,17). The van der Waals surface area contributed by atoms with Gasteiger partial charge in [0, 0.05) is 25.7 Å². The third kappa shape index (κ3) is 5.33. The highest BCUT2D eigenvalue weighted by Gasteiger charge is 2.20. The molecule has 1 aliphatic rings. The predicted molar refractivity (Wildman–Crippen MR) is 72.6 cm³/mol. The van der Waals surface area contributed by atoms with Crippen molar-refractivity contribution in [1.29, 1.82) is 0 Å². The molecule has 0 saturated carbocycles. The van der Waals surface area contributed by atoms with Crippen molar-refractivity contribution in [3.8, 4) is 0 Å². The fraction of sp³-hybridized carbons (Fsp3) is 0.923. The Morgan fingerprint density at radius 3 is 2.83 bits per heavy atom. The maximum absolute atomic E-state index is 11.8. The molecule has 0 spiro atoms. The minimum Gasteiger partial charge on any atom is -0.374 e. The second-order valence-electron chi connectivity index (χ2n) is 5.20. The lowest BCUT2D eigenvalue weighted by atomic mass is 10.2. The summed E-state index contributed by atoms with van der Waals surface area (Å²) in [5.74, 6) is 0.0634. The molecule has 3 atom stereocenters. The molecule has 0 aromatic heterocycles. The Morgan fingerprint density at radius 2 is 2.22 bits per heavy atom. The lowest BCUT2D eigenvalue weighted by Crippen LogP contribution is -2.50. The van der Waals surface area contributed by atoms with Crippen molar-refractivity contribution in [1.82, 2.24) is 15.5 Å². The van der Waals surface area contributed by atoms with Crippen LogP contribution < -0.4 is 10.6 Å². The minimum absolute atomic E-state index is 0.0634. The Morgan fingerprint density at radius 1 is 1.50 bits per heavy atom. The summed E-state index contributed by atoms with van der Waals surface area (Å²) in [5.41, 5.74) is 0. The number of hydrogen-bond donors (Lipinski definition) is 2. The number of amides is 1. The summed E-state index contributed by atoms with van der Waals surface area (Å²) < 4.78 is 5.64. The molecule has 1 saturated heterocycles. The van der Waals surface area contributed by atoms with Crippen molar-refractivity contribution in [3.63, 3.8) is 0 Å². The monoisotopic (exact) mass is 257 g/mol. The van der Waals surface area contributed by atoms with E-state index in [-0.39, 0.29) is 24.1 Å². The summed E-state index contributed by atoms with van der Waals surface area (Å²) in [5, 5.41) is 6.21. The van der Waals surface area contributed by atoms with Crippen LogP contribution in [0.2, 0.25) is 0 Å². The van der Waals surface area contributed by atoms with Gasteiger partial charge in [0.15, 0.2) is 0 Å². The van der Waals surface area contributed by atoms with Crippen molar-refractivity contribution in [2.75, 3.05) is 33.3 Å². The van der Waals surface area contributed by atoms with E-state index in [1.54, 1.807) is 0 Å². The van der Waals surface area contributed by atoms with E-state index < -0.39 is 0 Å². The highest BCUT2D eigenvalue weighted by atomic mass is 16.5. The van der Waals surface area contributed by atoms with Crippen LogP contribution in [-0.4, -0.2) is 62.3 Å². The fourth-order valence-corrected chi connectivity index (χ4v) is 1.86. The van der Waals surface area contributed by atoms with Gasteiger partial charge in [-0.25, -0.2) is 0 Å². The van der Waals surface area contributed by atoms with Crippen LogP contribution in [0.25, 0.3) is 0 Å². The van der Waals surface area contributed by atoms with Gasteiger partial charge in [0.05, 0.1) is 18.8 Å². The molecular formula is C13H27N3O2. The first-order chi connectivity index (χ1) is 8.52. The van der Waals surface area contributed by atoms with E-state index in [2.05, 4.69) is 29.5 Å². The second-order valence-corrected chi connectivity index (χ2v) is 5.20. The predicted octanol–water partition coefficient (Wildman–Crippen LogP) is 0.210. The van der Waals surface area contributed by atoms with Gasteiger partial charge in [0.2, 0.25) is 5.91 Å². The Balaban J connectivity index is 2.23. The third-order valence-corrected chi connectivity index (χ3v) is 3.39. The molecule has 1 fully saturated rings. The summed E-state index contributed by atoms with van der Waals surface area (Å²) in [6.45, 7) is 9.38. The summed E-state index contributed by atoms with van der Waals surface area (Å²) in [6.07, 6.45) is 1.14. The van der Waals surface area contributed by atoms with E-state index in [9.17, 15) is 4.79 Å². The molecule has 0 aliphatic carbocycles. The van der Waals surface area contributed by atoms with E-state index in [4.69, 9.17) is 4.74 Å². The number of rotatable bonds is 6. The fourth-order valence-electron chi connectivity index (χ4n) is 1.86. The number of morpholine rings is 1. The zero-order valence-electron chi connectivity index (χ0n) is 12.0. The van der Waals surface area contributed by atoms with Crippen LogP contribution in [0.4, 0.5) is 0 Å². The molecule has 0 aromatic carbocycles. The first-order valence-corrected chi connectivity index (χ1v) is 6.86. The largest absolute Gasteiger partial charge is 0.374 e. The van der Waals surface area contributed by atoms with E-state index in [1.165, 1.54) is 0 Å². The average Bonchev–Trinajstić information content (AvgIpc) is 2.35. The number of hydrogen-bond acceptors (Lipinski definition) is 4. The zero-order valence-corrected chi connectivity index (χ0v) is 12.0. The third-order valence-electron chi connectivity index (χ3n) is 3.39. The van der Waals surface area contributed by atoms with Crippen LogP contribution in [-0.2, 0) is 9.53 Å². The maximum atomic E-state index is 11.8. The van der Waals surface area contributed by atoms with Gasteiger partial charge in [-0.2, -0.15) is 0 Å². The van der Waals surface area contributed by atoms with Crippen LogP contribution in [0.15, 0.2) is 0 Å². The van der Waals surface area contributed by atoms with E-state index in [0.29, 0.717) is 0 Å². The molecule has 5 nitrogen and oxygen atoms in total. The van der Waals surface area contributed by atoms with E-state index in [1.807, 2.05) is 13.8 Å². The number of likely N-dealkylation sites (N-methyl/N-ethyl adjacent to an activating group) is 1. The maximum Gasteiger partial charge on any atom is 0.237 e.